The molecule has 0 aromatic carbocycles. The van der Waals surface area contributed by atoms with Gasteiger partial charge in [-0.3, -0.25) is 4.79 Å². The molecule has 2 N–H and O–H groups in total. The lowest BCUT2D eigenvalue weighted by Crippen LogP contribution is -2.49. The molecular formula is C17H25Cl2N3O2S. The second kappa shape index (κ2) is 9.57. The lowest BCUT2D eigenvalue weighted by Gasteiger charge is -2.38. The van der Waals surface area contributed by atoms with Gasteiger partial charge in [0.2, 0.25) is 11.8 Å². The van der Waals surface area contributed by atoms with Crippen LogP contribution in [-0.2, 0) is 11.2 Å². The van der Waals surface area contributed by atoms with Gasteiger partial charge >= 0.3 is 0 Å². The van der Waals surface area contributed by atoms with Crippen molar-refractivity contribution < 1.29 is 9.21 Å². The van der Waals surface area contributed by atoms with Crippen molar-refractivity contribution in [3.8, 4) is 10.8 Å². The number of hydrogen-bond acceptors (Lipinski definition) is 5. The molecule has 0 bridgehead atoms. The molecule has 3 heterocycles. The Balaban J connectivity index is 0.00000156. The Morgan fingerprint density at radius 1 is 1.48 bits per heavy atom. The monoisotopic (exact) mass is 405 g/mol. The van der Waals surface area contributed by atoms with Crippen LogP contribution < -0.4 is 5.73 Å². The molecule has 3 rings (SSSR count). The van der Waals surface area contributed by atoms with Crippen LogP contribution in [0.1, 0.15) is 31.2 Å². The number of amides is 1. The summed E-state index contributed by atoms with van der Waals surface area (Å²) in [6.45, 7) is 5.40. The number of piperidine rings is 1. The minimum atomic E-state index is 0. The van der Waals surface area contributed by atoms with E-state index in [4.69, 9.17) is 10.2 Å². The van der Waals surface area contributed by atoms with Gasteiger partial charge in [0.05, 0.1) is 17.0 Å². The summed E-state index contributed by atoms with van der Waals surface area (Å²) in [6, 6.07) is 4.08. The summed E-state index contributed by atoms with van der Waals surface area (Å²) < 4.78 is 5.72. The fraction of sp³-hybridized carbons (Fsp3) is 0.529. The van der Waals surface area contributed by atoms with Crippen LogP contribution in [0, 0.1) is 12.8 Å². The summed E-state index contributed by atoms with van der Waals surface area (Å²) >= 11 is 1.58. The third-order valence-electron chi connectivity index (χ3n) is 4.51. The van der Waals surface area contributed by atoms with E-state index in [9.17, 15) is 4.79 Å². The maximum Gasteiger partial charge on any atom is 0.236 e. The first-order chi connectivity index (χ1) is 11.1. The molecule has 1 aliphatic heterocycles. The number of nitrogens with two attached hydrogens (primary N) is 1. The van der Waals surface area contributed by atoms with Crippen molar-refractivity contribution in [2.45, 2.75) is 39.2 Å². The molecule has 140 valence electrons. The van der Waals surface area contributed by atoms with Gasteiger partial charge in [-0.2, -0.15) is 0 Å². The maximum absolute atomic E-state index is 12.7. The number of thiophene rings is 1. The Hall–Kier alpha value is -1.08. The van der Waals surface area contributed by atoms with E-state index in [0.29, 0.717) is 18.4 Å². The highest BCUT2D eigenvalue weighted by Crippen LogP contribution is 2.27. The first-order valence-electron chi connectivity index (χ1n) is 8.08. The molecule has 2 aromatic rings. The van der Waals surface area contributed by atoms with Crippen LogP contribution in [0.2, 0.25) is 0 Å². The fourth-order valence-electron chi connectivity index (χ4n) is 3.15. The van der Waals surface area contributed by atoms with Crippen LogP contribution >= 0.6 is 36.2 Å². The van der Waals surface area contributed by atoms with Gasteiger partial charge in [-0.15, -0.1) is 36.2 Å². The molecular weight excluding hydrogens is 381 g/mol. The number of aromatic nitrogens is 1. The van der Waals surface area contributed by atoms with Crippen molar-refractivity contribution in [2.24, 2.45) is 11.7 Å². The van der Waals surface area contributed by atoms with E-state index in [1.807, 2.05) is 29.3 Å². The highest BCUT2D eigenvalue weighted by Gasteiger charge is 2.29. The number of nitrogens with zero attached hydrogens (tertiary/aromatic N) is 2. The smallest absolute Gasteiger partial charge is 0.236 e. The summed E-state index contributed by atoms with van der Waals surface area (Å²) in [6.07, 6.45) is 2.31. The van der Waals surface area contributed by atoms with E-state index in [1.165, 1.54) is 0 Å². The van der Waals surface area contributed by atoms with Crippen molar-refractivity contribution in [1.29, 1.82) is 0 Å². The zero-order valence-electron chi connectivity index (χ0n) is 14.4. The van der Waals surface area contributed by atoms with Gasteiger partial charge < -0.3 is 15.1 Å². The van der Waals surface area contributed by atoms with Gasteiger partial charge in [-0.05, 0) is 37.1 Å². The Labute approximate surface area is 164 Å². The van der Waals surface area contributed by atoms with Gasteiger partial charge in [-0.1, -0.05) is 13.0 Å². The number of halogens is 2. The van der Waals surface area contributed by atoms with Gasteiger partial charge in [0.1, 0.15) is 5.76 Å². The van der Waals surface area contributed by atoms with Crippen molar-refractivity contribution in [2.75, 3.05) is 13.1 Å². The highest BCUT2D eigenvalue weighted by atomic mass is 35.5. The topological polar surface area (TPSA) is 72.4 Å². The molecule has 1 fully saturated rings. The number of hydrogen-bond donors (Lipinski definition) is 1. The molecule has 25 heavy (non-hydrogen) atoms. The first kappa shape index (κ1) is 22.0. The molecule has 2 atom stereocenters. The molecule has 0 radical (unpaired) electrons. The molecule has 1 aliphatic rings. The average Bonchev–Trinajstić information content (AvgIpc) is 3.17. The van der Waals surface area contributed by atoms with E-state index in [1.54, 1.807) is 11.3 Å². The van der Waals surface area contributed by atoms with Gasteiger partial charge in [0, 0.05) is 19.1 Å². The van der Waals surface area contributed by atoms with Crippen molar-refractivity contribution in [3.05, 3.63) is 29.0 Å². The summed E-state index contributed by atoms with van der Waals surface area (Å²) in [5.41, 5.74) is 6.59. The second-order valence-electron chi connectivity index (χ2n) is 6.28. The summed E-state index contributed by atoms with van der Waals surface area (Å²) in [5, 5.41) is 1.99. The SMILES string of the molecule is Cc1oc(-c2cccs2)nc1CC(=O)N1CCC(C)CC1CN.Cl.Cl. The Morgan fingerprint density at radius 2 is 2.24 bits per heavy atom. The minimum Gasteiger partial charge on any atom is -0.440 e. The Kier molecular flexibility index (Phi) is 8.41. The molecule has 2 aromatic heterocycles. The van der Waals surface area contributed by atoms with Crippen molar-refractivity contribution in [3.63, 3.8) is 0 Å². The zero-order valence-corrected chi connectivity index (χ0v) is 16.9. The standard InChI is InChI=1S/C17H23N3O2S.2ClH/c1-11-5-6-20(13(8-11)10-18)16(21)9-14-12(2)22-17(19-14)15-4-3-7-23-15;;/h3-4,7,11,13H,5-6,8-10,18H2,1-2H3;2*1H. The third-order valence-corrected chi connectivity index (χ3v) is 5.37. The van der Waals surface area contributed by atoms with Crippen LogP contribution in [0.5, 0.6) is 0 Å². The lowest BCUT2D eigenvalue weighted by molar-refractivity contribution is -0.134. The zero-order chi connectivity index (χ0) is 16.4. The molecule has 0 saturated carbocycles. The summed E-state index contributed by atoms with van der Waals surface area (Å²) in [5.74, 6) is 2.05. The summed E-state index contributed by atoms with van der Waals surface area (Å²) in [4.78, 5) is 20.1. The fourth-order valence-corrected chi connectivity index (χ4v) is 3.79. The van der Waals surface area contributed by atoms with E-state index in [2.05, 4.69) is 11.9 Å². The van der Waals surface area contributed by atoms with Crippen LogP contribution in [0.15, 0.2) is 21.9 Å². The van der Waals surface area contributed by atoms with Crippen LogP contribution in [0.4, 0.5) is 0 Å². The van der Waals surface area contributed by atoms with Gasteiger partial charge in [-0.25, -0.2) is 4.98 Å². The van der Waals surface area contributed by atoms with E-state index < -0.39 is 0 Å². The van der Waals surface area contributed by atoms with Gasteiger partial charge in [0.15, 0.2) is 0 Å². The normalized spacial score (nSPS) is 19.9. The molecule has 1 amide bonds. The lowest BCUT2D eigenvalue weighted by atomic mass is 9.92. The van der Waals surface area contributed by atoms with E-state index in [-0.39, 0.29) is 43.2 Å². The number of likely N-dealkylation sites (tertiary alicyclic amines) is 1. The molecule has 1 saturated heterocycles. The average molecular weight is 406 g/mol. The molecule has 0 spiro atoms. The second-order valence-corrected chi connectivity index (χ2v) is 7.23. The number of rotatable bonds is 4. The Bertz CT molecular complexity index is 675. The molecule has 2 unspecified atom stereocenters. The van der Waals surface area contributed by atoms with Crippen LogP contribution in [0.25, 0.3) is 10.8 Å². The van der Waals surface area contributed by atoms with E-state index in [0.717, 1.165) is 35.7 Å². The number of oxazole rings is 1. The van der Waals surface area contributed by atoms with Gasteiger partial charge in [0.25, 0.3) is 0 Å². The van der Waals surface area contributed by atoms with Crippen LogP contribution in [0.3, 0.4) is 0 Å². The summed E-state index contributed by atoms with van der Waals surface area (Å²) in [7, 11) is 0. The largest absolute Gasteiger partial charge is 0.440 e. The quantitative estimate of drug-likeness (QED) is 0.841. The van der Waals surface area contributed by atoms with Crippen molar-refractivity contribution >= 4 is 42.1 Å². The number of aryl methyl sites for hydroxylation is 1. The number of carbonyl (C=O) groups is 1. The highest BCUT2D eigenvalue weighted by molar-refractivity contribution is 7.13. The molecule has 8 heteroatoms. The maximum atomic E-state index is 12.7. The van der Waals surface area contributed by atoms with E-state index >= 15 is 0 Å². The van der Waals surface area contributed by atoms with Crippen LogP contribution in [-0.4, -0.2) is 34.9 Å². The number of carbonyl (C=O) groups excluding carboxylic acids is 1. The van der Waals surface area contributed by atoms with Crippen molar-refractivity contribution in [1.82, 2.24) is 9.88 Å². The predicted molar refractivity (Wildman–Crippen MR) is 106 cm³/mol. The minimum absolute atomic E-state index is 0. The third kappa shape index (κ3) is 4.97. The molecule has 5 nitrogen and oxygen atoms in total. The molecule has 0 aliphatic carbocycles. The predicted octanol–water partition coefficient (Wildman–Crippen LogP) is 3.68. The first-order valence-corrected chi connectivity index (χ1v) is 8.96. The Morgan fingerprint density at radius 3 is 2.88 bits per heavy atom.